The Bertz CT molecular complexity index is 622. The Balaban J connectivity index is 1.64. The van der Waals surface area contributed by atoms with Gasteiger partial charge >= 0.3 is 5.97 Å². The molecule has 1 heterocycles. The van der Waals surface area contributed by atoms with Crippen LogP contribution in [0.15, 0.2) is 16.3 Å². The largest absolute Gasteiger partial charge is 0.477 e. The number of rotatable bonds is 5. The van der Waals surface area contributed by atoms with Crippen LogP contribution in [-0.2, 0) is 10.0 Å². The lowest BCUT2D eigenvalue weighted by Crippen LogP contribution is -2.31. The maximum absolute atomic E-state index is 12.1. The van der Waals surface area contributed by atoms with Crippen LogP contribution in [-0.4, -0.2) is 26.0 Å². The first-order chi connectivity index (χ1) is 9.45. The molecule has 2 N–H and O–H groups in total. The van der Waals surface area contributed by atoms with Crippen molar-refractivity contribution in [3.05, 3.63) is 17.0 Å². The van der Waals surface area contributed by atoms with Crippen LogP contribution in [0.4, 0.5) is 0 Å². The average molecular weight is 315 g/mol. The summed E-state index contributed by atoms with van der Waals surface area (Å²) in [5.41, 5.74) is 0. The van der Waals surface area contributed by atoms with Crippen molar-refractivity contribution in [1.29, 1.82) is 0 Å². The summed E-state index contributed by atoms with van der Waals surface area (Å²) < 4.78 is 27.0. The van der Waals surface area contributed by atoms with Crippen LogP contribution < -0.4 is 4.72 Å². The molecule has 2 aliphatic carbocycles. The molecular formula is C13H17NO4S2. The van der Waals surface area contributed by atoms with Gasteiger partial charge in [-0.2, -0.15) is 0 Å². The second-order valence-corrected chi connectivity index (χ2v) is 8.79. The Kier molecular flexibility index (Phi) is 3.60. The maximum Gasteiger partial charge on any atom is 0.345 e. The number of carboxylic acids is 1. The van der Waals surface area contributed by atoms with Gasteiger partial charge in [0.1, 0.15) is 9.09 Å². The Labute approximate surface area is 122 Å². The minimum Gasteiger partial charge on any atom is -0.477 e. The lowest BCUT2D eigenvalue weighted by Gasteiger charge is -2.21. The van der Waals surface area contributed by atoms with E-state index in [-0.39, 0.29) is 9.09 Å². The highest BCUT2D eigenvalue weighted by molar-refractivity contribution is 7.91. The van der Waals surface area contributed by atoms with E-state index in [9.17, 15) is 13.2 Å². The Morgan fingerprint density at radius 2 is 2.15 bits per heavy atom. The van der Waals surface area contributed by atoms with Crippen molar-refractivity contribution in [2.24, 2.45) is 17.8 Å². The predicted molar refractivity (Wildman–Crippen MR) is 75.4 cm³/mol. The molecule has 1 aromatic heterocycles. The molecule has 20 heavy (non-hydrogen) atoms. The molecule has 2 saturated carbocycles. The van der Waals surface area contributed by atoms with Gasteiger partial charge in [-0.05, 0) is 49.1 Å². The van der Waals surface area contributed by atoms with Crippen LogP contribution in [0, 0.1) is 17.8 Å². The second-order valence-electron chi connectivity index (χ2n) is 5.71. The van der Waals surface area contributed by atoms with Gasteiger partial charge in [-0.25, -0.2) is 17.9 Å². The van der Waals surface area contributed by atoms with E-state index in [1.54, 1.807) is 0 Å². The fraction of sp³-hybridized carbons (Fsp3) is 0.615. The van der Waals surface area contributed by atoms with Gasteiger partial charge in [0.2, 0.25) is 10.0 Å². The summed E-state index contributed by atoms with van der Waals surface area (Å²) in [5.74, 6) is 0.808. The van der Waals surface area contributed by atoms with Crippen molar-refractivity contribution in [2.45, 2.75) is 29.9 Å². The number of nitrogens with one attached hydrogen (secondary N) is 1. The molecule has 2 fully saturated rings. The fourth-order valence-corrected chi connectivity index (χ4v) is 5.78. The zero-order chi connectivity index (χ0) is 14.3. The van der Waals surface area contributed by atoms with Crippen molar-refractivity contribution in [1.82, 2.24) is 4.72 Å². The molecule has 5 nitrogen and oxygen atoms in total. The summed E-state index contributed by atoms with van der Waals surface area (Å²) >= 11 is 0.796. The van der Waals surface area contributed by atoms with Gasteiger partial charge in [0.05, 0.1) is 0 Å². The molecular weight excluding hydrogens is 298 g/mol. The third-order valence-electron chi connectivity index (χ3n) is 4.48. The minimum absolute atomic E-state index is 0.0466. The van der Waals surface area contributed by atoms with Gasteiger partial charge in [0, 0.05) is 6.54 Å². The lowest BCUT2D eigenvalue weighted by molar-refractivity contribution is 0.0702. The standard InChI is InChI=1S/C13H17NO4S2/c15-13(16)11-3-4-12(19-11)20(17,18)14-7-10-6-8-1-2-9(10)5-8/h3-4,8-10,14H,1-2,5-7H2,(H,15,16). The maximum atomic E-state index is 12.1. The van der Waals surface area contributed by atoms with E-state index in [0.717, 1.165) is 23.7 Å². The highest BCUT2D eigenvalue weighted by atomic mass is 32.2. The normalized spacial score (nSPS) is 28.9. The van der Waals surface area contributed by atoms with Crippen LogP contribution in [0.5, 0.6) is 0 Å². The number of hydrogen-bond acceptors (Lipinski definition) is 4. The third-order valence-corrected chi connectivity index (χ3v) is 7.47. The highest BCUT2D eigenvalue weighted by Crippen LogP contribution is 2.48. The summed E-state index contributed by atoms with van der Waals surface area (Å²) in [6, 6.07) is 2.69. The van der Waals surface area contributed by atoms with Crippen LogP contribution >= 0.6 is 11.3 Å². The van der Waals surface area contributed by atoms with E-state index < -0.39 is 16.0 Å². The highest BCUT2D eigenvalue weighted by Gasteiger charge is 2.39. The smallest absolute Gasteiger partial charge is 0.345 e. The first-order valence-electron chi connectivity index (χ1n) is 6.78. The van der Waals surface area contributed by atoms with E-state index in [0.29, 0.717) is 18.4 Å². The van der Waals surface area contributed by atoms with E-state index in [1.807, 2.05) is 0 Å². The summed E-state index contributed by atoms with van der Waals surface area (Å²) in [4.78, 5) is 10.8. The first kappa shape index (κ1) is 14.0. The monoisotopic (exact) mass is 315 g/mol. The molecule has 2 bridgehead atoms. The van der Waals surface area contributed by atoms with Gasteiger partial charge in [0.25, 0.3) is 0 Å². The summed E-state index contributed by atoms with van der Waals surface area (Å²) in [7, 11) is -3.57. The summed E-state index contributed by atoms with van der Waals surface area (Å²) in [6.45, 7) is 0.476. The summed E-state index contributed by atoms with van der Waals surface area (Å²) in [6.07, 6.45) is 4.88. The minimum atomic E-state index is -3.57. The second kappa shape index (κ2) is 5.13. The van der Waals surface area contributed by atoms with Crippen LogP contribution in [0.25, 0.3) is 0 Å². The Hall–Kier alpha value is -0.920. The molecule has 2 aliphatic rings. The molecule has 7 heteroatoms. The third kappa shape index (κ3) is 2.62. The molecule has 1 aromatic rings. The fourth-order valence-electron chi connectivity index (χ4n) is 3.49. The van der Waals surface area contributed by atoms with Crippen LogP contribution in [0.1, 0.15) is 35.4 Å². The van der Waals surface area contributed by atoms with Gasteiger partial charge < -0.3 is 5.11 Å². The topological polar surface area (TPSA) is 83.5 Å². The summed E-state index contributed by atoms with van der Waals surface area (Å²) in [5, 5.41) is 8.83. The van der Waals surface area contributed by atoms with Crippen LogP contribution in [0.3, 0.4) is 0 Å². The molecule has 0 amide bonds. The molecule has 0 aliphatic heterocycles. The molecule has 3 rings (SSSR count). The van der Waals surface area contributed by atoms with Crippen molar-refractivity contribution >= 4 is 27.3 Å². The molecule has 3 unspecified atom stereocenters. The van der Waals surface area contributed by atoms with E-state index in [4.69, 9.17) is 5.11 Å². The molecule has 3 atom stereocenters. The zero-order valence-electron chi connectivity index (χ0n) is 10.9. The number of fused-ring (bicyclic) bond motifs is 2. The average Bonchev–Trinajstić information content (AvgIpc) is 3.11. The van der Waals surface area contributed by atoms with Gasteiger partial charge in [-0.15, -0.1) is 11.3 Å². The molecule has 0 saturated heterocycles. The predicted octanol–water partition coefficient (Wildman–Crippen LogP) is 2.16. The number of carboxylic acid groups (broad SMARTS) is 1. The quantitative estimate of drug-likeness (QED) is 0.872. The Morgan fingerprint density at radius 3 is 2.70 bits per heavy atom. The van der Waals surface area contributed by atoms with Gasteiger partial charge in [-0.3, -0.25) is 0 Å². The van der Waals surface area contributed by atoms with Crippen molar-refractivity contribution < 1.29 is 18.3 Å². The van der Waals surface area contributed by atoms with Gasteiger partial charge in [-0.1, -0.05) is 6.42 Å². The number of hydrogen-bond donors (Lipinski definition) is 2. The van der Waals surface area contributed by atoms with Crippen molar-refractivity contribution in [3.63, 3.8) is 0 Å². The van der Waals surface area contributed by atoms with Gasteiger partial charge in [0.15, 0.2) is 0 Å². The van der Waals surface area contributed by atoms with Crippen molar-refractivity contribution in [2.75, 3.05) is 6.54 Å². The zero-order valence-corrected chi connectivity index (χ0v) is 12.5. The van der Waals surface area contributed by atoms with E-state index in [1.165, 1.54) is 31.4 Å². The lowest BCUT2D eigenvalue weighted by atomic mass is 9.89. The van der Waals surface area contributed by atoms with E-state index in [2.05, 4.69) is 4.72 Å². The number of carbonyl (C=O) groups is 1. The van der Waals surface area contributed by atoms with Crippen LogP contribution in [0.2, 0.25) is 0 Å². The molecule has 0 spiro atoms. The Morgan fingerprint density at radius 1 is 1.35 bits per heavy atom. The number of sulfonamides is 1. The number of aromatic carboxylic acids is 1. The number of thiophene rings is 1. The molecule has 0 radical (unpaired) electrons. The van der Waals surface area contributed by atoms with E-state index >= 15 is 0 Å². The molecule has 110 valence electrons. The van der Waals surface area contributed by atoms with Crippen molar-refractivity contribution in [3.8, 4) is 0 Å². The SMILES string of the molecule is O=C(O)c1ccc(S(=O)(=O)NCC2CC3CCC2C3)s1. The molecule has 0 aromatic carbocycles. The first-order valence-corrected chi connectivity index (χ1v) is 9.08.